The molecular weight excluding hydrogens is 292 g/mol. The van der Waals surface area contributed by atoms with Gasteiger partial charge >= 0.3 is 5.69 Å². The Morgan fingerprint density at radius 3 is 2.76 bits per heavy atom. The van der Waals surface area contributed by atoms with Gasteiger partial charge in [-0.2, -0.15) is 5.26 Å². The molecule has 1 N–H and O–H groups in total. The fraction of sp³-hybridized carbons (Fsp3) is 0.308. The van der Waals surface area contributed by atoms with Crippen LogP contribution < -0.4 is 5.69 Å². The van der Waals surface area contributed by atoms with E-state index >= 15 is 0 Å². The predicted molar refractivity (Wildman–Crippen MR) is 75.2 cm³/mol. The van der Waals surface area contributed by atoms with Crippen LogP contribution in [0.4, 0.5) is 0 Å². The van der Waals surface area contributed by atoms with Crippen LogP contribution in [-0.2, 0) is 22.1 Å². The highest BCUT2D eigenvalue weighted by atomic mass is 32.2. The Balaban J connectivity index is 2.44. The van der Waals surface area contributed by atoms with Crippen LogP contribution in [0, 0.1) is 11.3 Å². The van der Waals surface area contributed by atoms with E-state index in [1.165, 1.54) is 0 Å². The molecule has 21 heavy (non-hydrogen) atoms. The van der Waals surface area contributed by atoms with Gasteiger partial charge < -0.3 is 0 Å². The van der Waals surface area contributed by atoms with Gasteiger partial charge in [0.05, 0.1) is 17.4 Å². The maximum atomic E-state index is 12.4. The molecule has 2 aromatic rings. The molecule has 0 spiro atoms. The van der Waals surface area contributed by atoms with Gasteiger partial charge in [-0.15, -0.1) is 5.10 Å². The summed E-state index contributed by atoms with van der Waals surface area (Å²) in [6, 6.07) is 8.40. The van der Waals surface area contributed by atoms with E-state index in [0.29, 0.717) is 17.5 Å². The van der Waals surface area contributed by atoms with Gasteiger partial charge in [-0.3, -0.25) is 4.57 Å². The van der Waals surface area contributed by atoms with Gasteiger partial charge in [-0.25, -0.2) is 18.3 Å². The molecule has 0 aliphatic carbocycles. The third kappa shape index (κ3) is 3.03. The minimum Gasteiger partial charge on any atom is -0.266 e. The second kappa shape index (κ2) is 5.93. The summed E-state index contributed by atoms with van der Waals surface area (Å²) in [4.78, 5) is 11.6. The molecule has 1 heterocycles. The molecule has 0 saturated carbocycles. The largest absolute Gasteiger partial charge is 0.344 e. The number of H-pyrrole nitrogens is 1. The number of hydrogen-bond donors (Lipinski definition) is 1. The molecular formula is C13H14N4O3S. The zero-order valence-electron chi connectivity index (χ0n) is 11.4. The summed E-state index contributed by atoms with van der Waals surface area (Å²) in [5.74, 6) is -0.370. The molecule has 1 aromatic heterocycles. The van der Waals surface area contributed by atoms with Crippen LogP contribution in [0.5, 0.6) is 0 Å². The van der Waals surface area contributed by atoms with Crippen molar-refractivity contribution in [2.75, 3.05) is 0 Å². The van der Waals surface area contributed by atoms with E-state index in [1.807, 2.05) is 13.0 Å². The number of nitrogens with zero attached hydrogens (tertiary/aromatic N) is 3. The van der Waals surface area contributed by atoms with Gasteiger partial charge in [0.1, 0.15) is 0 Å². The average molecular weight is 306 g/mol. The van der Waals surface area contributed by atoms with Crippen LogP contribution in [0.1, 0.15) is 24.5 Å². The van der Waals surface area contributed by atoms with Crippen molar-refractivity contribution in [1.82, 2.24) is 14.8 Å². The summed E-state index contributed by atoms with van der Waals surface area (Å²) in [5.41, 5.74) is 0.128. The van der Waals surface area contributed by atoms with Gasteiger partial charge in [-0.1, -0.05) is 25.1 Å². The van der Waals surface area contributed by atoms with Crippen molar-refractivity contribution in [1.29, 1.82) is 5.26 Å². The Morgan fingerprint density at radius 1 is 1.38 bits per heavy atom. The second-order valence-corrected chi connectivity index (χ2v) is 6.37. The number of aromatic nitrogens is 3. The van der Waals surface area contributed by atoms with Gasteiger partial charge in [-0.05, 0) is 18.1 Å². The summed E-state index contributed by atoms with van der Waals surface area (Å²) >= 11 is 0. The fourth-order valence-electron chi connectivity index (χ4n) is 1.99. The number of benzene rings is 1. The molecule has 0 fully saturated rings. The molecule has 0 amide bonds. The van der Waals surface area contributed by atoms with Crippen LogP contribution in [-0.4, -0.2) is 23.2 Å². The first-order valence-electron chi connectivity index (χ1n) is 6.35. The van der Waals surface area contributed by atoms with Gasteiger partial charge in [0.15, 0.2) is 0 Å². The highest BCUT2D eigenvalue weighted by molar-refractivity contribution is 7.90. The number of rotatable bonds is 5. The van der Waals surface area contributed by atoms with E-state index in [1.54, 1.807) is 24.3 Å². The number of hydrogen-bond acceptors (Lipinski definition) is 5. The van der Waals surface area contributed by atoms with Gasteiger partial charge in [0.2, 0.25) is 9.84 Å². The lowest BCUT2D eigenvalue weighted by Crippen LogP contribution is -2.21. The Bertz CT molecular complexity index is 843. The third-order valence-electron chi connectivity index (χ3n) is 2.93. The molecule has 7 nitrogen and oxygen atoms in total. The smallest absolute Gasteiger partial charge is 0.266 e. The Morgan fingerprint density at radius 2 is 2.10 bits per heavy atom. The maximum Gasteiger partial charge on any atom is 0.344 e. The Hall–Kier alpha value is -2.40. The highest BCUT2D eigenvalue weighted by Crippen LogP contribution is 2.16. The molecule has 8 heteroatoms. The molecule has 0 radical (unpaired) electrons. The van der Waals surface area contributed by atoms with Crippen molar-refractivity contribution < 1.29 is 8.42 Å². The molecule has 1 aromatic carbocycles. The molecule has 2 rings (SSSR count). The Kier molecular flexibility index (Phi) is 4.23. The summed E-state index contributed by atoms with van der Waals surface area (Å²) in [6.07, 6.45) is 0.608. The maximum absolute atomic E-state index is 12.4. The zero-order chi connectivity index (χ0) is 15.5. The van der Waals surface area contributed by atoms with E-state index in [-0.39, 0.29) is 17.5 Å². The van der Waals surface area contributed by atoms with Crippen LogP contribution >= 0.6 is 0 Å². The zero-order valence-corrected chi connectivity index (χ0v) is 12.2. The van der Waals surface area contributed by atoms with Gasteiger partial charge in [0, 0.05) is 6.54 Å². The van der Waals surface area contributed by atoms with E-state index in [9.17, 15) is 13.2 Å². The molecule has 0 aliphatic heterocycles. The molecule has 110 valence electrons. The number of sulfone groups is 1. The predicted octanol–water partition coefficient (Wildman–Crippen LogP) is 0.827. The van der Waals surface area contributed by atoms with Crippen molar-refractivity contribution in [3.05, 3.63) is 45.9 Å². The summed E-state index contributed by atoms with van der Waals surface area (Å²) in [7, 11) is -3.81. The molecule has 0 aliphatic rings. The van der Waals surface area contributed by atoms with Crippen molar-refractivity contribution in [3.8, 4) is 6.07 Å². The Labute approximate surface area is 121 Å². The lowest BCUT2D eigenvalue weighted by Gasteiger charge is -2.06. The lowest BCUT2D eigenvalue weighted by molar-refractivity contribution is 0.550. The van der Waals surface area contributed by atoms with Crippen molar-refractivity contribution in [2.24, 2.45) is 0 Å². The van der Waals surface area contributed by atoms with Crippen LogP contribution in [0.15, 0.2) is 34.2 Å². The topological polar surface area (TPSA) is 109 Å². The molecule has 0 saturated heterocycles. The molecule has 0 bridgehead atoms. The van der Waals surface area contributed by atoms with E-state index in [0.717, 1.165) is 4.57 Å². The standard InChI is InChI=1S/C13H14N4O3S/c1-2-7-17-12(18)15-16-13(17)21(19,20)9-11-6-4-3-5-10(11)8-14/h3-6H,2,7,9H2,1H3,(H,15,18). The SMILES string of the molecule is CCCn1c(S(=O)(=O)Cc2ccccc2C#N)n[nH]c1=O. The lowest BCUT2D eigenvalue weighted by atomic mass is 10.1. The van der Waals surface area contributed by atoms with Crippen LogP contribution in [0.2, 0.25) is 0 Å². The number of nitriles is 1. The van der Waals surface area contributed by atoms with Crippen LogP contribution in [0.3, 0.4) is 0 Å². The third-order valence-corrected chi connectivity index (χ3v) is 4.49. The monoisotopic (exact) mass is 306 g/mol. The van der Waals surface area contributed by atoms with E-state index < -0.39 is 15.5 Å². The quantitative estimate of drug-likeness (QED) is 0.880. The number of nitrogens with one attached hydrogen (secondary N) is 1. The molecule has 0 atom stereocenters. The first kappa shape index (κ1) is 15.0. The first-order chi connectivity index (χ1) is 9.99. The van der Waals surface area contributed by atoms with Crippen molar-refractivity contribution in [2.45, 2.75) is 30.8 Å². The number of aromatic amines is 1. The second-order valence-electron chi connectivity index (χ2n) is 4.49. The van der Waals surface area contributed by atoms with Gasteiger partial charge in [0.25, 0.3) is 5.16 Å². The van der Waals surface area contributed by atoms with E-state index in [4.69, 9.17) is 5.26 Å². The minimum absolute atomic E-state index is 0.268. The highest BCUT2D eigenvalue weighted by Gasteiger charge is 2.24. The minimum atomic E-state index is -3.81. The summed E-state index contributed by atoms with van der Waals surface area (Å²) in [5, 5.41) is 14.5. The summed E-state index contributed by atoms with van der Waals surface area (Å²) < 4.78 is 26.0. The molecule has 0 unspecified atom stereocenters. The fourth-order valence-corrected chi connectivity index (χ4v) is 3.47. The van der Waals surface area contributed by atoms with Crippen LogP contribution in [0.25, 0.3) is 0 Å². The van der Waals surface area contributed by atoms with Crippen molar-refractivity contribution in [3.63, 3.8) is 0 Å². The summed E-state index contributed by atoms with van der Waals surface area (Å²) in [6.45, 7) is 2.10. The average Bonchev–Trinajstić information content (AvgIpc) is 2.82. The normalized spacial score (nSPS) is 11.2. The van der Waals surface area contributed by atoms with E-state index in [2.05, 4.69) is 10.2 Å². The first-order valence-corrected chi connectivity index (χ1v) is 8.00. The van der Waals surface area contributed by atoms with Crippen molar-refractivity contribution >= 4 is 9.84 Å².